The van der Waals surface area contributed by atoms with Gasteiger partial charge in [0.1, 0.15) is 11.6 Å². The van der Waals surface area contributed by atoms with Gasteiger partial charge in [-0.3, -0.25) is 0 Å². The first-order chi connectivity index (χ1) is 8.16. The van der Waals surface area contributed by atoms with E-state index < -0.39 is 0 Å². The fraction of sp³-hybridized carbons (Fsp3) is 0.286. The summed E-state index contributed by atoms with van der Waals surface area (Å²) in [7, 11) is 0. The standard InChI is InChI=1S/C14H16FNO/c1-10(2)16-9-11-8-12(15)5-6-13(11)14-4-3-7-17-14/h3-8,10,16H,9H2,1-2H3. The van der Waals surface area contributed by atoms with E-state index in [1.54, 1.807) is 18.4 Å². The highest BCUT2D eigenvalue weighted by Crippen LogP contribution is 2.25. The lowest BCUT2D eigenvalue weighted by Crippen LogP contribution is -2.22. The number of hydrogen-bond donors (Lipinski definition) is 1. The number of rotatable bonds is 4. The summed E-state index contributed by atoms with van der Waals surface area (Å²) in [4.78, 5) is 0. The van der Waals surface area contributed by atoms with Gasteiger partial charge < -0.3 is 9.73 Å². The summed E-state index contributed by atoms with van der Waals surface area (Å²) < 4.78 is 18.6. The van der Waals surface area contributed by atoms with Crippen LogP contribution in [0.1, 0.15) is 19.4 Å². The van der Waals surface area contributed by atoms with E-state index in [9.17, 15) is 4.39 Å². The zero-order valence-corrected chi connectivity index (χ0v) is 10.0. The highest BCUT2D eigenvalue weighted by molar-refractivity contribution is 5.62. The lowest BCUT2D eigenvalue weighted by molar-refractivity contribution is 0.569. The van der Waals surface area contributed by atoms with Gasteiger partial charge in [-0.1, -0.05) is 13.8 Å². The average molecular weight is 233 g/mol. The lowest BCUT2D eigenvalue weighted by atomic mass is 10.0. The molecule has 0 bridgehead atoms. The maximum absolute atomic E-state index is 13.3. The molecule has 0 fully saturated rings. The van der Waals surface area contributed by atoms with Gasteiger partial charge in [-0.05, 0) is 35.9 Å². The van der Waals surface area contributed by atoms with Crippen LogP contribution < -0.4 is 5.32 Å². The second kappa shape index (κ2) is 5.15. The topological polar surface area (TPSA) is 25.2 Å². The molecule has 0 aliphatic rings. The largest absolute Gasteiger partial charge is 0.464 e. The van der Waals surface area contributed by atoms with Crippen LogP contribution in [-0.4, -0.2) is 6.04 Å². The molecular weight excluding hydrogens is 217 g/mol. The smallest absolute Gasteiger partial charge is 0.134 e. The number of benzene rings is 1. The Morgan fingerprint density at radius 1 is 1.29 bits per heavy atom. The molecule has 2 rings (SSSR count). The number of hydrogen-bond acceptors (Lipinski definition) is 2. The molecule has 2 aromatic rings. The molecular formula is C14H16FNO. The molecule has 90 valence electrons. The molecule has 0 radical (unpaired) electrons. The molecule has 0 unspecified atom stereocenters. The van der Waals surface area contributed by atoms with Gasteiger partial charge >= 0.3 is 0 Å². The molecule has 0 saturated heterocycles. The first kappa shape index (κ1) is 11.9. The van der Waals surface area contributed by atoms with Crippen molar-refractivity contribution in [1.29, 1.82) is 0 Å². The van der Waals surface area contributed by atoms with E-state index in [1.807, 2.05) is 12.1 Å². The molecule has 0 aliphatic heterocycles. The van der Waals surface area contributed by atoms with E-state index >= 15 is 0 Å². The third-order valence-corrected chi connectivity index (χ3v) is 2.55. The van der Waals surface area contributed by atoms with Crippen molar-refractivity contribution in [1.82, 2.24) is 5.32 Å². The van der Waals surface area contributed by atoms with Crippen molar-refractivity contribution in [2.75, 3.05) is 0 Å². The van der Waals surface area contributed by atoms with E-state index in [0.717, 1.165) is 16.9 Å². The number of halogens is 1. The molecule has 0 amide bonds. The van der Waals surface area contributed by atoms with Gasteiger partial charge in [0.2, 0.25) is 0 Å². The van der Waals surface area contributed by atoms with Crippen LogP contribution in [0.3, 0.4) is 0 Å². The van der Waals surface area contributed by atoms with Crippen molar-refractivity contribution in [3.05, 3.63) is 48.0 Å². The van der Waals surface area contributed by atoms with E-state index in [-0.39, 0.29) is 5.82 Å². The van der Waals surface area contributed by atoms with E-state index in [4.69, 9.17) is 4.42 Å². The van der Waals surface area contributed by atoms with Gasteiger partial charge in [0.15, 0.2) is 0 Å². The Morgan fingerprint density at radius 3 is 2.76 bits per heavy atom. The summed E-state index contributed by atoms with van der Waals surface area (Å²) in [6, 6.07) is 8.84. The molecule has 0 saturated carbocycles. The fourth-order valence-corrected chi connectivity index (χ4v) is 1.69. The van der Waals surface area contributed by atoms with Crippen LogP contribution in [0.15, 0.2) is 41.0 Å². The second-order valence-electron chi connectivity index (χ2n) is 4.31. The maximum atomic E-state index is 13.3. The van der Waals surface area contributed by atoms with E-state index in [0.29, 0.717) is 12.6 Å². The quantitative estimate of drug-likeness (QED) is 0.873. The van der Waals surface area contributed by atoms with E-state index in [1.165, 1.54) is 6.07 Å². The Kier molecular flexibility index (Phi) is 3.59. The SMILES string of the molecule is CC(C)NCc1cc(F)ccc1-c1ccco1. The molecule has 2 nitrogen and oxygen atoms in total. The Balaban J connectivity index is 2.31. The Labute approximate surface area is 100 Å². The summed E-state index contributed by atoms with van der Waals surface area (Å²) in [5, 5.41) is 3.28. The molecule has 17 heavy (non-hydrogen) atoms. The molecule has 1 heterocycles. The van der Waals surface area contributed by atoms with Crippen LogP contribution in [0.5, 0.6) is 0 Å². The minimum Gasteiger partial charge on any atom is -0.464 e. The minimum atomic E-state index is -0.221. The summed E-state index contributed by atoms with van der Waals surface area (Å²) in [6.07, 6.45) is 1.62. The van der Waals surface area contributed by atoms with Crippen molar-refractivity contribution in [2.45, 2.75) is 26.4 Å². The molecule has 1 aromatic carbocycles. The van der Waals surface area contributed by atoms with Gasteiger partial charge in [0.25, 0.3) is 0 Å². The Bertz CT molecular complexity index is 477. The fourth-order valence-electron chi connectivity index (χ4n) is 1.69. The van der Waals surface area contributed by atoms with Crippen LogP contribution >= 0.6 is 0 Å². The van der Waals surface area contributed by atoms with Crippen molar-refractivity contribution >= 4 is 0 Å². The maximum Gasteiger partial charge on any atom is 0.134 e. The van der Waals surface area contributed by atoms with Gasteiger partial charge in [-0.25, -0.2) is 4.39 Å². The van der Waals surface area contributed by atoms with E-state index in [2.05, 4.69) is 19.2 Å². The van der Waals surface area contributed by atoms with Crippen LogP contribution in [0.2, 0.25) is 0 Å². The highest BCUT2D eigenvalue weighted by atomic mass is 19.1. The molecule has 1 aromatic heterocycles. The molecule has 1 N–H and O–H groups in total. The lowest BCUT2D eigenvalue weighted by Gasteiger charge is -2.11. The predicted molar refractivity (Wildman–Crippen MR) is 66.1 cm³/mol. The third-order valence-electron chi connectivity index (χ3n) is 2.55. The van der Waals surface area contributed by atoms with Gasteiger partial charge in [0.05, 0.1) is 6.26 Å². The predicted octanol–water partition coefficient (Wildman–Crippen LogP) is 3.58. The molecule has 0 atom stereocenters. The number of nitrogens with one attached hydrogen (secondary N) is 1. The first-order valence-electron chi connectivity index (χ1n) is 5.72. The Morgan fingerprint density at radius 2 is 2.12 bits per heavy atom. The zero-order chi connectivity index (χ0) is 12.3. The first-order valence-corrected chi connectivity index (χ1v) is 5.72. The summed E-state index contributed by atoms with van der Waals surface area (Å²) in [5.41, 5.74) is 1.85. The van der Waals surface area contributed by atoms with Crippen molar-refractivity contribution in [2.24, 2.45) is 0 Å². The van der Waals surface area contributed by atoms with Gasteiger partial charge in [-0.15, -0.1) is 0 Å². The summed E-state index contributed by atoms with van der Waals surface area (Å²) in [5.74, 6) is 0.548. The van der Waals surface area contributed by atoms with Crippen molar-refractivity contribution in [3.63, 3.8) is 0 Å². The van der Waals surface area contributed by atoms with Gasteiger partial charge in [-0.2, -0.15) is 0 Å². The highest BCUT2D eigenvalue weighted by Gasteiger charge is 2.09. The van der Waals surface area contributed by atoms with Crippen LogP contribution in [0, 0.1) is 5.82 Å². The Hall–Kier alpha value is -1.61. The summed E-state index contributed by atoms with van der Waals surface area (Å²) >= 11 is 0. The molecule has 0 spiro atoms. The second-order valence-corrected chi connectivity index (χ2v) is 4.31. The van der Waals surface area contributed by atoms with Crippen LogP contribution in [0.4, 0.5) is 4.39 Å². The third kappa shape index (κ3) is 2.94. The average Bonchev–Trinajstić information content (AvgIpc) is 2.80. The minimum absolute atomic E-state index is 0.221. The van der Waals surface area contributed by atoms with Gasteiger partial charge in [0, 0.05) is 18.2 Å². The van der Waals surface area contributed by atoms with Crippen LogP contribution in [-0.2, 0) is 6.54 Å². The van der Waals surface area contributed by atoms with Crippen LogP contribution in [0.25, 0.3) is 11.3 Å². The summed E-state index contributed by atoms with van der Waals surface area (Å²) in [6.45, 7) is 4.75. The monoisotopic (exact) mass is 233 g/mol. The molecule has 3 heteroatoms. The number of furan rings is 1. The van der Waals surface area contributed by atoms with Crippen molar-refractivity contribution in [3.8, 4) is 11.3 Å². The normalized spacial score (nSPS) is 11.1. The zero-order valence-electron chi connectivity index (χ0n) is 10.0. The van der Waals surface area contributed by atoms with Crippen molar-refractivity contribution < 1.29 is 8.81 Å². The molecule has 0 aliphatic carbocycles.